The number of benzene rings is 10. The highest BCUT2D eigenvalue weighted by molar-refractivity contribution is 9.26. The number of ketones is 2. The first kappa shape index (κ1) is 65.0. The molecule has 0 heterocycles. The van der Waals surface area contributed by atoms with Crippen LogP contribution in [0.3, 0.4) is 0 Å². The van der Waals surface area contributed by atoms with Gasteiger partial charge in [0.1, 0.15) is 18.0 Å². The highest BCUT2D eigenvalue weighted by atomic mass is 79.9. The Kier molecular flexibility index (Phi) is 22.5. The van der Waals surface area contributed by atoms with Crippen LogP contribution >= 0.6 is 30.3 Å². The average Bonchev–Trinajstić information content (AvgIpc) is 1.18. The van der Waals surface area contributed by atoms with Gasteiger partial charge in [0.05, 0.1) is 6.61 Å². The summed E-state index contributed by atoms with van der Waals surface area (Å²) in [6.45, 7) is 10.3. The molecular formula is C72H71BrN2O9P2Si. The predicted molar refractivity (Wildman–Crippen MR) is 363 cm³/mol. The van der Waals surface area contributed by atoms with Crippen molar-refractivity contribution in [2.75, 3.05) is 13.3 Å². The van der Waals surface area contributed by atoms with Gasteiger partial charge in [0.2, 0.25) is 19.2 Å². The average molecular weight is 1280 g/mol. The van der Waals surface area contributed by atoms with Crippen LogP contribution in [0.1, 0.15) is 62.7 Å². The number of Topliss-reactive ketones (excluding diaryl/α,β-unsaturated/α-hetero) is 2. The molecule has 3 unspecified atom stereocenters. The van der Waals surface area contributed by atoms with Crippen molar-refractivity contribution >= 4 is 116 Å². The Labute approximate surface area is 517 Å². The van der Waals surface area contributed by atoms with Crippen LogP contribution in [0.5, 0.6) is 0 Å². The molecular weight excluding hydrogens is 1210 g/mol. The number of rotatable bonds is 20. The molecule has 2 amide bonds. The summed E-state index contributed by atoms with van der Waals surface area (Å²) in [6, 6.07) is 68.4. The molecule has 0 saturated heterocycles. The largest absolute Gasteiger partial charge is 0.348 e. The maximum Gasteiger partial charge on any atom is 0.340 e. The van der Waals surface area contributed by atoms with E-state index in [2.05, 4.69) is 45.6 Å². The molecule has 0 spiro atoms. The lowest BCUT2D eigenvalue weighted by atomic mass is 9.93. The molecule has 4 N–H and O–H groups in total. The highest BCUT2D eigenvalue weighted by Crippen LogP contribution is 2.59. The van der Waals surface area contributed by atoms with Gasteiger partial charge in [-0.2, -0.15) is 0 Å². The molecule has 10 aromatic rings. The maximum absolute atomic E-state index is 14.2. The predicted octanol–water partition coefficient (Wildman–Crippen LogP) is 16.7. The third-order valence-electron chi connectivity index (χ3n) is 14.2. The van der Waals surface area contributed by atoms with E-state index in [-0.39, 0.29) is 37.0 Å². The Morgan fingerprint density at radius 2 is 0.828 bits per heavy atom. The van der Waals surface area contributed by atoms with Crippen LogP contribution in [-0.4, -0.2) is 53.1 Å². The van der Waals surface area contributed by atoms with Crippen molar-refractivity contribution in [3.05, 3.63) is 275 Å². The minimum absolute atomic E-state index is 0.0366. The molecule has 0 aliphatic carbocycles. The first-order valence-corrected chi connectivity index (χ1v) is 38.2. The van der Waals surface area contributed by atoms with Gasteiger partial charge in [0.25, 0.3) is 0 Å². The summed E-state index contributed by atoms with van der Waals surface area (Å²) >= 11 is 3.51. The molecule has 3 atom stereocenters. The van der Waals surface area contributed by atoms with Gasteiger partial charge < -0.3 is 24.9 Å². The molecule has 10 rings (SSSR count). The van der Waals surface area contributed by atoms with Crippen molar-refractivity contribution < 1.29 is 42.6 Å². The summed E-state index contributed by atoms with van der Waals surface area (Å²) in [5.41, 5.74) is 3.16. The van der Waals surface area contributed by atoms with Crippen molar-refractivity contribution in [3.63, 3.8) is 0 Å². The van der Waals surface area contributed by atoms with Crippen LogP contribution in [0, 0.1) is 0 Å². The van der Waals surface area contributed by atoms with Crippen LogP contribution in [0.2, 0.25) is 19.6 Å². The van der Waals surface area contributed by atoms with E-state index in [4.69, 9.17) is 4.52 Å². The Bertz CT molecular complexity index is 4220. The van der Waals surface area contributed by atoms with Crippen molar-refractivity contribution in [1.82, 2.24) is 10.6 Å². The Morgan fingerprint density at radius 3 is 1.22 bits per heavy atom. The molecule has 15 heteroatoms. The molecule has 0 fully saturated rings. The minimum Gasteiger partial charge on any atom is -0.348 e. The van der Waals surface area contributed by atoms with E-state index in [9.17, 15) is 38.1 Å². The van der Waals surface area contributed by atoms with E-state index in [1.807, 2.05) is 194 Å². The van der Waals surface area contributed by atoms with Crippen molar-refractivity contribution in [1.29, 1.82) is 0 Å². The lowest BCUT2D eigenvalue weighted by Gasteiger charge is -2.25. The summed E-state index contributed by atoms with van der Waals surface area (Å²) in [4.78, 5) is 73.8. The molecule has 0 saturated carbocycles. The monoisotopic (exact) mass is 1280 g/mol. The van der Waals surface area contributed by atoms with Gasteiger partial charge in [0, 0.05) is 44.7 Å². The lowest BCUT2D eigenvalue weighted by molar-refractivity contribution is -0.119. The number of amides is 2. The second kappa shape index (κ2) is 30.1. The van der Waals surface area contributed by atoms with Crippen molar-refractivity contribution in [2.45, 2.75) is 63.8 Å². The van der Waals surface area contributed by atoms with Gasteiger partial charge in [-0.1, -0.05) is 226 Å². The fraction of sp³-hybridized carbons (Fsp3) is 0.167. The van der Waals surface area contributed by atoms with Gasteiger partial charge in [-0.3, -0.25) is 28.3 Å². The molecule has 87 heavy (non-hydrogen) atoms. The van der Waals surface area contributed by atoms with Crippen LogP contribution in [0.4, 0.5) is 0 Å². The summed E-state index contributed by atoms with van der Waals surface area (Å²) in [6.07, 6.45) is 6.11. The Hall–Kier alpha value is -7.96. The van der Waals surface area contributed by atoms with E-state index in [0.717, 1.165) is 60.0 Å². The summed E-state index contributed by atoms with van der Waals surface area (Å²) in [5, 5.41) is 12.8. The third kappa shape index (κ3) is 18.5. The van der Waals surface area contributed by atoms with Gasteiger partial charge >= 0.3 is 7.60 Å². The number of hydrogen-bond donors (Lipinski definition) is 4. The van der Waals surface area contributed by atoms with E-state index in [1.54, 1.807) is 50.0 Å². The number of carbonyl (C=O) groups is 4. The molecule has 0 radical (unpaired) electrons. The highest BCUT2D eigenvalue weighted by Gasteiger charge is 2.39. The van der Waals surface area contributed by atoms with E-state index >= 15 is 0 Å². The van der Waals surface area contributed by atoms with Crippen molar-refractivity contribution in [3.8, 4) is 0 Å². The maximum atomic E-state index is 14.2. The molecule has 0 aromatic heterocycles. The zero-order chi connectivity index (χ0) is 62.1. The number of fused-ring (bicyclic) bond motifs is 4. The standard InChI is InChI=1S/C36H34NO4P.C33H28NO5P.C3H9BrSi/c1-3-41-42(2,40)36(33-19-11-17-27-14-9-10-18-32(27)33)34(38)24-31-23-29-16-8-7-15-28(29)22-30(31)20-21-35(39)37-25-26-12-5-4-6-13-26;35-31(33(40(37,38)39)30-16-8-14-24-11-6-7-15-29(24)30)21-28-20-26-13-5-4-12-25(26)19-27(28)17-18-32(36)34-22-23-9-2-1-3-10-23;1-5(2,3)4/h4-23,36H,3,24-25H2,1-2H3,(H,37,39);1-20,33H,21-22H2,(H,34,36)(H2,37,38,39);1-3H3/b21-20+;18-17+;. The molecule has 444 valence electrons. The van der Waals surface area contributed by atoms with Gasteiger partial charge in [-0.05, 0) is 119 Å². The van der Waals surface area contributed by atoms with Gasteiger partial charge in [-0.25, -0.2) is 0 Å². The summed E-state index contributed by atoms with van der Waals surface area (Å²) in [5.74, 6) is -1.31. The number of hydrogen-bond acceptors (Lipinski definition) is 7. The van der Waals surface area contributed by atoms with Gasteiger partial charge in [0.15, 0.2) is 11.6 Å². The third-order valence-corrected chi connectivity index (χ3v) is 17.7. The van der Waals surface area contributed by atoms with Gasteiger partial charge in [-0.15, -0.1) is 15.3 Å². The SMILES string of the molecule is CCOP(C)(=O)C(C(=O)Cc1cc2ccccc2cc1/C=C/C(=O)NCc1ccccc1)c1cccc2ccccc12.C[Si](C)(C)Br.O=C(/C=C/c1cc2ccccc2cc1CC(=O)C(c1cccc2ccccc12)P(=O)(O)O)NCc1ccccc1. The Balaban J connectivity index is 0.000000210. The topological polar surface area (TPSA) is 176 Å². The summed E-state index contributed by atoms with van der Waals surface area (Å²) in [7, 11) is -8.25. The quantitative estimate of drug-likeness (QED) is 0.0250. The first-order chi connectivity index (χ1) is 41.6. The van der Waals surface area contributed by atoms with E-state index in [0.29, 0.717) is 40.7 Å². The fourth-order valence-electron chi connectivity index (χ4n) is 10.4. The summed E-state index contributed by atoms with van der Waals surface area (Å²) < 4.78 is 32.5. The van der Waals surface area contributed by atoms with Crippen LogP contribution in [0.25, 0.3) is 55.2 Å². The van der Waals surface area contributed by atoms with Crippen molar-refractivity contribution in [2.24, 2.45) is 0 Å². The molecule has 0 bridgehead atoms. The van der Waals surface area contributed by atoms with Crippen LogP contribution in [0.15, 0.2) is 231 Å². The number of nitrogens with one attached hydrogen (secondary N) is 2. The number of carbonyl (C=O) groups excluding carboxylic acids is 4. The second-order valence-corrected chi connectivity index (χ2v) is 37.6. The lowest BCUT2D eigenvalue weighted by Crippen LogP contribution is -2.20. The zero-order valence-corrected chi connectivity index (χ0v) is 53.7. The Morgan fingerprint density at radius 1 is 0.494 bits per heavy atom. The fourth-order valence-corrected chi connectivity index (χ4v) is 13.4. The number of halogens is 1. The zero-order valence-electron chi connectivity index (χ0n) is 49.3. The first-order valence-electron chi connectivity index (χ1n) is 28.6. The molecule has 0 aliphatic rings. The van der Waals surface area contributed by atoms with E-state index < -0.39 is 38.8 Å². The molecule has 10 aromatic carbocycles. The van der Waals surface area contributed by atoms with Crippen LogP contribution < -0.4 is 10.6 Å². The smallest absolute Gasteiger partial charge is 0.340 e. The molecule has 11 nitrogen and oxygen atoms in total. The second-order valence-electron chi connectivity index (χ2n) is 22.1. The van der Waals surface area contributed by atoms with Crippen LogP contribution in [-0.2, 0) is 58.8 Å². The molecule has 0 aliphatic heterocycles. The van der Waals surface area contributed by atoms with E-state index in [1.165, 1.54) is 12.2 Å². The minimum atomic E-state index is -4.86. The normalized spacial score (nSPS) is 13.1.